The van der Waals surface area contributed by atoms with Gasteiger partial charge < -0.3 is 20.5 Å². The summed E-state index contributed by atoms with van der Waals surface area (Å²) in [6.07, 6.45) is 0.416. The number of nitrogens with one attached hydrogen (secondary N) is 2. The SMILES string of the molecule is COc1ccc(Cl)cc1NC(=O)CCNC(=O)C1CC1C(=O)O. The lowest BCUT2D eigenvalue weighted by Gasteiger charge is -2.11. The van der Waals surface area contributed by atoms with E-state index in [-0.39, 0.29) is 24.8 Å². The highest BCUT2D eigenvalue weighted by Gasteiger charge is 2.48. The van der Waals surface area contributed by atoms with Gasteiger partial charge in [-0.25, -0.2) is 0 Å². The number of benzene rings is 1. The van der Waals surface area contributed by atoms with Crippen molar-refractivity contribution >= 4 is 35.1 Å². The van der Waals surface area contributed by atoms with Gasteiger partial charge in [-0.3, -0.25) is 14.4 Å². The van der Waals surface area contributed by atoms with Crippen LogP contribution >= 0.6 is 11.6 Å². The molecule has 0 aromatic heterocycles. The topological polar surface area (TPSA) is 105 Å². The van der Waals surface area contributed by atoms with Crippen LogP contribution in [0.15, 0.2) is 18.2 Å². The molecular weight excluding hydrogens is 324 g/mol. The van der Waals surface area contributed by atoms with Crippen molar-refractivity contribution in [1.82, 2.24) is 5.32 Å². The zero-order chi connectivity index (χ0) is 17.0. The lowest BCUT2D eigenvalue weighted by Crippen LogP contribution is -2.29. The van der Waals surface area contributed by atoms with Gasteiger partial charge in [0.15, 0.2) is 0 Å². The van der Waals surface area contributed by atoms with E-state index >= 15 is 0 Å². The molecule has 1 aliphatic rings. The number of anilines is 1. The smallest absolute Gasteiger partial charge is 0.307 e. The molecule has 1 saturated carbocycles. The monoisotopic (exact) mass is 340 g/mol. The van der Waals surface area contributed by atoms with Gasteiger partial charge in [0.1, 0.15) is 5.75 Å². The average molecular weight is 341 g/mol. The molecule has 0 aliphatic heterocycles. The van der Waals surface area contributed by atoms with Crippen LogP contribution in [0, 0.1) is 11.8 Å². The summed E-state index contributed by atoms with van der Waals surface area (Å²) in [5, 5.41) is 14.4. The van der Waals surface area contributed by atoms with Gasteiger partial charge in [0.05, 0.1) is 24.6 Å². The highest BCUT2D eigenvalue weighted by molar-refractivity contribution is 6.31. The van der Waals surface area contributed by atoms with Crippen LogP contribution < -0.4 is 15.4 Å². The number of hydrogen-bond acceptors (Lipinski definition) is 4. The number of carbonyl (C=O) groups is 3. The molecule has 0 saturated heterocycles. The van der Waals surface area contributed by atoms with E-state index in [1.807, 2.05) is 0 Å². The lowest BCUT2D eigenvalue weighted by molar-refractivity contribution is -0.140. The summed E-state index contributed by atoms with van der Waals surface area (Å²) in [4.78, 5) is 34.2. The molecule has 0 spiro atoms. The first-order valence-electron chi connectivity index (χ1n) is 7.06. The first-order valence-corrected chi connectivity index (χ1v) is 7.44. The summed E-state index contributed by atoms with van der Waals surface area (Å²) in [5.41, 5.74) is 0.449. The molecule has 8 heteroatoms. The third kappa shape index (κ3) is 4.59. The van der Waals surface area contributed by atoms with Gasteiger partial charge in [0.2, 0.25) is 11.8 Å². The van der Waals surface area contributed by atoms with Gasteiger partial charge >= 0.3 is 5.97 Å². The summed E-state index contributed by atoms with van der Waals surface area (Å²) in [6, 6.07) is 4.85. The second-order valence-corrected chi connectivity index (χ2v) is 5.66. The minimum atomic E-state index is -0.962. The first kappa shape index (κ1) is 17.1. The van der Waals surface area contributed by atoms with Gasteiger partial charge in [-0.2, -0.15) is 0 Å². The molecule has 2 atom stereocenters. The minimum Gasteiger partial charge on any atom is -0.495 e. The van der Waals surface area contributed by atoms with Crippen molar-refractivity contribution < 1.29 is 24.2 Å². The first-order chi connectivity index (χ1) is 10.9. The largest absolute Gasteiger partial charge is 0.495 e. The molecule has 7 nitrogen and oxygen atoms in total. The highest BCUT2D eigenvalue weighted by atomic mass is 35.5. The Kier molecular flexibility index (Phi) is 5.44. The summed E-state index contributed by atoms with van der Waals surface area (Å²) >= 11 is 5.87. The van der Waals surface area contributed by atoms with Crippen molar-refractivity contribution in [2.45, 2.75) is 12.8 Å². The Hall–Kier alpha value is -2.28. The average Bonchev–Trinajstić information content (AvgIpc) is 3.28. The van der Waals surface area contributed by atoms with E-state index in [4.69, 9.17) is 21.4 Å². The predicted octanol–water partition coefficient (Wildman–Crippen LogP) is 1.51. The Balaban J connectivity index is 1.77. The molecule has 2 unspecified atom stereocenters. The van der Waals surface area contributed by atoms with Crippen LogP contribution in [0.2, 0.25) is 5.02 Å². The van der Waals surface area contributed by atoms with Gasteiger partial charge in [-0.05, 0) is 24.6 Å². The van der Waals surface area contributed by atoms with E-state index in [1.54, 1.807) is 18.2 Å². The van der Waals surface area contributed by atoms with Crippen molar-refractivity contribution in [1.29, 1.82) is 0 Å². The maximum atomic E-state index is 11.9. The molecule has 0 heterocycles. The number of carboxylic acids is 1. The zero-order valence-electron chi connectivity index (χ0n) is 12.5. The van der Waals surface area contributed by atoms with E-state index in [9.17, 15) is 14.4 Å². The Morgan fingerprint density at radius 2 is 2.09 bits per heavy atom. The Morgan fingerprint density at radius 3 is 2.70 bits per heavy atom. The molecule has 0 bridgehead atoms. The van der Waals surface area contributed by atoms with Crippen LogP contribution in [0.5, 0.6) is 5.75 Å². The molecular formula is C15H17ClN2O5. The molecule has 2 rings (SSSR count). The Morgan fingerprint density at radius 1 is 1.35 bits per heavy atom. The summed E-state index contributed by atoms with van der Waals surface area (Å²) in [7, 11) is 1.48. The van der Waals surface area contributed by atoms with Crippen LogP contribution in [0.1, 0.15) is 12.8 Å². The zero-order valence-corrected chi connectivity index (χ0v) is 13.2. The number of halogens is 1. The maximum absolute atomic E-state index is 11.9. The van der Waals surface area contributed by atoms with Gasteiger partial charge in [0.25, 0.3) is 0 Å². The highest BCUT2D eigenvalue weighted by Crippen LogP contribution is 2.38. The van der Waals surface area contributed by atoms with E-state index in [0.717, 1.165) is 0 Å². The van der Waals surface area contributed by atoms with E-state index in [2.05, 4.69) is 10.6 Å². The van der Waals surface area contributed by atoms with E-state index < -0.39 is 17.8 Å². The normalized spacial score (nSPS) is 18.9. The number of aliphatic carboxylic acids is 1. The van der Waals surface area contributed by atoms with Crippen LogP contribution in [0.4, 0.5) is 5.69 Å². The molecule has 1 aliphatic carbocycles. The van der Waals surface area contributed by atoms with Crippen molar-refractivity contribution in [2.75, 3.05) is 19.0 Å². The maximum Gasteiger partial charge on any atom is 0.307 e. The molecule has 0 radical (unpaired) electrons. The number of carboxylic acid groups (broad SMARTS) is 1. The summed E-state index contributed by atoms with van der Waals surface area (Å²) in [5.74, 6) is -2.20. The van der Waals surface area contributed by atoms with Crippen molar-refractivity contribution in [2.24, 2.45) is 11.8 Å². The fourth-order valence-corrected chi connectivity index (χ4v) is 2.35. The fraction of sp³-hybridized carbons (Fsp3) is 0.400. The molecule has 1 fully saturated rings. The third-order valence-electron chi connectivity index (χ3n) is 3.53. The number of amides is 2. The Bertz CT molecular complexity index is 634. The fourth-order valence-electron chi connectivity index (χ4n) is 2.18. The van der Waals surface area contributed by atoms with Crippen LogP contribution in [-0.2, 0) is 14.4 Å². The van der Waals surface area contributed by atoms with Crippen LogP contribution in [0.25, 0.3) is 0 Å². The van der Waals surface area contributed by atoms with Crippen molar-refractivity contribution in [3.8, 4) is 5.75 Å². The molecule has 2 amide bonds. The molecule has 1 aromatic rings. The molecule has 23 heavy (non-hydrogen) atoms. The quantitative estimate of drug-likeness (QED) is 0.698. The van der Waals surface area contributed by atoms with Gasteiger partial charge in [0, 0.05) is 18.0 Å². The molecule has 3 N–H and O–H groups in total. The second kappa shape index (κ2) is 7.32. The second-order valence-electron chi connectivity index (χ2n) is 5.22. The van der Waals surface area contributed by atoms with Crippen molar-refractivity contribution in [3.05, 3.63) is 23.2 Å². The van der Waals surface area contributed by atoms with E-state index in [1.165, 1.54) is 7.11 Å². The van der Waals surface area contributed by atoms with Crippen molar-refractivity contribution in [3.63, 3.8) is 0 Å². The summed E-state index contributed by atoms with van der Waals surface area (Å²) in [6.45, 7) is 0.135. The molecule has 124 valence electrons. The van der Waals surface area contributed by atoms with Crippen LogP contribution in [0.3, 0.4) is 0 Å². The Labute approximate surface area is 138 Å². The minimum absolute atomic E-state index is 0.0614. The van der Waals surface area contributed by atoms with Crippen LogP contribution in [-0.4, -0.2) is 36.5 Å². The van der Waals surface area contributed by atoms with E-state index in [0.29, 0.717) is 22.9 Å². The van der Waals surface area contributed by atoms with Gasteiger partial charge in [-0.1, -0.05) is 11.6 Å². The van der Waals surface area contributed by atoms with Gasteiger partial charge in [-0.15, -0.1) is 0 Å². The third-order valence-corrected chi connectivity index (χ3v) is 3.77. The number of ether oxygens (including phenoxy) is 1. The molecule has 1 aromatic carbocycles. The predicted molar refractivity (Wildman–Crippen MR) is 83.5 cm³/mol. The summed E-state index contributed by atoms with van der Waals surface area (Å²) < 4.78 is 5.12. The standard InChI is InChI=1S/C15H17ClN2O5/c1-23-12-3-2-8(16)6-11(12)18-13(19)4-5-17-14(20)9-7-10(9)15(21)22/h2-3,6,9-10H,4-5,7H2,1H3,(H,17,20)(H,18,19)(H,21,22). The number of carbonyl (C=O) groups excluding carboxylic acids is 2. The lowest BCUT2D eigenvalue weighted by atomic mass is 10.2. The number of rotatable bonds is 7. The number of hydrogen-bond donors (Lipinski definition) is 3. The number of methoxy groups -OCH3 is 1.